The lowest BCUT2D eigenvalue weighted by molar-refractivity contribution is -0.122. The van der Waals surface area contributed by atoms with Gasteiger partial charge >= 0.3 is 0 Å². The van der Waals surface area contributed by atoms with Crippen LogP contribution < -0.4 is 5.32 Å². The molecule has 5 rings (SSSR count). The van der Waals surface area contributed by atoms with Gasteiger partial charge in [-0.25, -0.2) is 0 Å². The highest BCUT2D eigenvalue weighted by Gasteiger charge is 2.54. The van der Waals surface area contributed by atoms with Crippen LogP contribution in [-0.4, -0.2) is 30.0 Å². The Bertz CT molecular complexity index is 1040. The fraction of sp³-hybridized carbons (Fsp3) is 0.370. The minimum absolute atomic E-state index is 0.0208. The van der Waals surface area contributed by atoms with Crippen LogP contribution in [-0.2, 0) is 28.1 Å². The first-order valence-corrected chi connectivity index (χ1v) is 11.4. The van der Waals surface area contributed by atoms with E-state index in [9.17, 15) is 4.79 Å². The molecule has 1 saturated heterocycles. The molecule has 1 aromatic heterocycles. The van der Waals surface area contributed by atoms with Gasteiger partial charge in [-0.2, -0.15) is 0 Å². The summed E-state index contributed by atoms with van der Waals surface area (Å²) in [6, 6.07) is 20.8. The molecule has 1 aliphatic carbocycles. The molecule has 1 spiro atoms. The maximum absolute atomic E-state index is 12.1. The summed E-state index contributed by atoms with van der Waals surface area (Å²) < 4.78 is 11.9. The van der Waals surface area contributed by atoms with E-state index in [1.165, 1.54) is 16.7 Å². The summed E-state index contributed by atoms with van der Waals surface area (Å²) in [5.41, 5.74) is 4.79. The molecule has 2 aromatic carbocycles. The third-order valence-electron chi connectivity index (χ3n) is 7.05. The Morgan fingerprint density at radius 1 is 1.06 bits per heavy atom. The van der Waals surface area contributed by atoms with Gasteiger partial charge in [0.1, 0.15) is 0 Å². The largest absolute Gasteiger partial charge is 0.472 e. The average Bonchev–Trinajstić information content (AvgIpc) is 3.40. The molecule has 1 amide bonds. The predicted octanol–water partition coefficient (Wildman–Crippen LogP) is 4.59. The average molecular weight is 431 g/mol. The molecule has 2 heterocycles. The highest BCUT2D eigenvalue weighted by Crippen LogP contribution is 2.52. The summed E-state index contributed by atoms with van der Waals surface area (Å²) in [7, 11) is 0. The van der Waals surface area contributed by atoms with Gasteiger partial charge in [0.2, 0.25) is 5.91 Å². The van der Waals surface area contributed by atoms with E-state index in [-0.39, 0.29) is 23.5 Å². The summed E-state index contributed by atoms with van der Waals surface area (Å²) in [6.07, 6.45) is 5.46. The van der Waals surface area contributed by atoms with Crippen molar-refractivity contribution in [1.82, 2.24) is 10.2 Å². The molecule has 0 radical (unpaired) electrons. The summed E-state index contributed by atoms with van der Waals surface area (Å²) in [4.78, 5) is 14.6. The zero-order chi connectivity index (χ0) is 22.0. The molecule has 2 atom stereocenters. The molecule has 2 aliphatic rings. The molecule has 0 unspecified atom stereocenters. The van der Waals surface area contributed by atoms with Gasteiger partial charge in [-0.15, -0.1) is 0 Å². The Morgan fingerprint density at radius 2 is 1.81 bits per heavy atom. The number of piperidine rings is 1. The molecule has 1 aliphatic heterocycles. The fourth-order valence-corrected chi connectivity index (χ4v) is 5.55. The first-order chi connectivity index (χ1) is 15.7. The van der Waals surface area contributed by atoms with Crippen LogP contribution in [0.1, 0.15) is 48.1 Å². The van der Waals surface area contributed by atoms with Crippen molar-refractivity contribution in [2.24, 2.45) is 0 Å². The Kier molecular flexibility index (Phi) is 5.85. The number of carbonyl (C=O) groups is 1. The van der Waals surface area contributed by atoms with Gasteiger partial charge < -0.3 is 14.5 Å². The maximum Gasteiger partial charge on any atom is 0.217 e. The van der Waals surface area contributed by atoms with Crippen molar-refractivity contribution < 1.29 is 13.9 Å². The molecular formula is C27H30N2O3. The first kappa shape index (κ1) is 21.0. The zero-order valence-corrected chi connectivity index (χ0v) is 18.5. The zero-order valence-electron chi connectivity index (χ0n) is 18.5. The van der Waals surface area contributed by atoms with Crippen molar-refractivity contribution in [1.29, 1.82) is 0 Å². The fourth-order valence-electron chi connectivity index (χ4n) is 5.55. The van der Waals surface area contributed by atoms with Gasteiger partial charge in [0.15, 0.2) is 0 Å². The molecule has 0 saturated carbocycles. The van der Waals surface area contributed by atoms with Crippen LogP contribution in [0, 0.1) is 0 Å². The number of amides is 1. The Morgan fingerprint density at radius 3 is 2.53 bits per heavy atom. The molecule has 1 N–H and O–H groups in total. The molecule has 3 aromatic rings. The number of furan rings is 1. The Hall–Kier alpha value is -2.89. The first-order valence-electron chi connectivity index (χ1n) is 11.4. The van der Waals surface area contributed by atoms with E-state index < -0.39 is 0 Å². The van der Waals surface area contributed by atoms with E-state index in [0.29, 0.717) is 6.61 Å². The van der Waals surface area contributed by atoms with Crippen molar-refractivity contribution >= 4 is 5.91 Å². The van der Waals surface area contributed by atoms with Crippen LogP contribution in [0.2, 0.25) is 0 Å². The van der Waals surface area contributed by atoms with E-state index in [0.717, 1.165) is 38.0 Å². The van der Waals surface area contributed by atoms with Crippen LogP contribution in [0.5, 0.6) is 0 Å². The lowest BCUT2D eigenvalue weighted by atomic mass is 9.71. The minimum atomic E-state index is -0.132. The number of benzene rings is 2. The molecule has 32 heavy (non-hydrogen) atoms. The molecular weight excluding hydrogens is 400 g/mol. The monoisotopic (exact) mass is 430 g/mol. The second-order valence-corrected chi connectivity index (χ2v) is 9.05. The van der Waals surface area contributed by atoms with Crippen molar-refractivity contribution in [2.45, 2.75) is 50.5 Å². The number of rotatable bonds is 6. The molecule has 166 valence electrons. The van der Waals surface area contributed by atoms with Gasteiger partial charge in [-0.3, -0.25) is 9.69 Å². The van der Waals surface area contributed by atoms with E-state index in [1.807, 2.05) is 30.5 Å². The third-order valence-corrected chi connectivity index (χ3v) is 7.05. The minimum Gasteiger partial charge on any atom is -0.472 e. The number of likely N-dealkylation sites (tertiary alicyclic amines) is 1. The van der Waals surface area contributed by atoms with E-state index >= 15 is 0 Å². The molecule has 5 heteroatoms. The summed E-state index contributed by atoms with van der Waals surface area (Å²) in [5, 5.41) is 3.21. The predicted molar refractivity (Wildman–Crippen MR) is 123 cm³/mol. The SMILES string of the molecule is CC(=O)N[C@@H]1c2ccccc2C2(CCN(Cc3ccoc3)CC2)[C@H]1OCc1ccccc1. The van der Waals surface area contributed by atoms with Crippen LogP contribution >= 0.6 is 0 Å². The van der Waals surface area contributed by atoms with Crippen molar-refractivity contribution in [3.05, 3.63) is 95.4 Å². The van der Waals surface area contributed by atoms with Crippen LogP contribution in [0.4, 0.5) is 0 Å². The summed E-state index contributed by atoms with van der Waals surface area (Å²) in [5.74, 6) is -0.0208. The standard InChI is InChI=1S/C27H30N2O3/c1-20(30)28-25-23-9-5-6-10-24(23)27(26(25)32-19-21-7-3-2-4-8-21)12-14-29(15-13-27)17-22-11-16-31-18-22/h2-11,16,18,25-26H,12-15,17,19H2,1H3,(H,28,30)/t25-,26+/m1/s1. The molecule has 1 fully saturated rings. The van der Waals surface area contributed by atoms with Crippen LogP contribution in [0.15, 0.2) is 77.6 Å². The highest BCUT2D eigenvalue weighted by molar-refractivity contribution is 5.74. The second kappa shape index (κ2) is 8.93. The molecule has 0 bridgehead atoms. The van der Waals surface area contributed by atoms with Gasteiger partial charge in [-0.1, -0.05) is 54.6 Å². The summed E-state index contributed by atoms with van der Waals surface area (Å²) in [6.45, 7) is 5.00. The second-order valence-electron chi connectivity index (χ2n) is 9.05. The number of hydrogen-bond donors (Lipinski definition) is 1. The van der Waals surface area contributed by atoms with Gasteiger partial charge in [0.05, 0.1) is 31.3 Å². The lowest BCUT2D eigenvalue weighted by Gasteiger charge is -2.44. The lowest BCUT2D eigenvalue weighted by Crippen LogP contribution is -2.50. The van der Waals surface area contributed by atoms with Crippen molar-refractivity contribution in [2.75, 3.05) is 13.1 Å². The smallest absolute Gasteiger partial charge is 0.217 e. The molecule has 5 nitrogen and oxygen atoms in total. The number of fused-ring (bicyclic) bond motifs is 2. The maximum atomic E-state index is 12.1. The van der Waals surface area contributed by atoms with Crippen LogP contribution in [0.3, 0.4) is 0 Å². The number of nitrogens with one attached hydrogen (secondary N) is 1. The van der Waals surface area contributed by atoms with E-state index in [4.69, 9.17) is 9.15 Å². The summed E-state index contributed by atoms with van der Waals surface area (Å²) >= 11 is 0. The van der Waals surface area contributed by atoms with E-state index in [2.05, 4.69) is 46.6 Å². The number of hydrogen-bond acceptors (Lipinski definition) is 4. The number of carbonyl (C=O) groups excluding carboxylic acids is 1. The van der Waals surface area contributed by atoms with Crippen LogP contribution in [0.25, 0.3) is 0 Å². The van der Waals surface area contributed by atoms with Gasteiger partial charge in [-0.05, 0) is 48.7 Å². The Balaban J connectivity index is 1.43. The quantitative estimate of drug-likeness (QED) is 0.622. The van der Waals surface area contributed by atoms with Gasteiger partial charge in [0, 0.05) is 24.4 Å². The van der Waals surface area contributed by atoms with E-state index in [1.54, 1.807) is 13.2 Å². The normalized spacial score (nSPS) is 22.0. The number of nitrogens with zero attached hydrogens (tertiary/aromatic N) is 1. The van der Waals surface area contributed by atoms with Crippen molar-refractivity contribution in [3.63, 3.8) is 0 Å². The third kappa shape index (κ3) is 3.98. The Labute approximate surface area is 189 Å². The topological polar surface area (TPSA) is 54.7 Å². The highest BCUT2D eigenvalue weighted by atomic mass is 16.5. The van der Waals surface area contributed by atoms with Crippen molar-refractivity contribution in [3.8, 4) is 0 Å². The van der Waals surface area contributed by atoms with Gasteiger partial charge in [0.25, 0.3) is 0 Å². The number of ether oxygens (including phenoxy) is 1.